The first-order valence-electron chi connectivity index (χ1n) is 17.2. The molecule has 0 saturated carbocycles. The van der Waals surface area contributed by atoms with Crippen LogP contribution in [0.2, 0.25) is 0 Å². The molecule has 20 heteroatoms. The van der Waals surface area contributed by atoms with Gasteiger partial charge in [-0.2, -0.15) is 20.4 Å². The molecule has 1 atom stereocenters. The Morgan fingerprint density at radius 1 is 0.574 bits per heavy atom. The van der Waals surface area contributed by atoms with Crippen LogP contribution in [0.3, 0.4) is 0 Å². The van der Waals surface area contributed by atoms with Gasteiger partial charge in [-0.1, -0.05) is 31.8 Å². The Balaban J connectivity index is 1.88. The zero-order chi connectivity index (χ0) is 40.2. The first-order valence-corrected chi connectivity index (χ1v) is 17.2. The van der Waals surface area contributed by atoms with Crippen molar-refractivity contribution in [1.29, 1.82) is 0 Å². The van der Waals surface area contributed by atoms with Crippen molar-refractivity contribution in [3.63, 3.8) is 0 Å². The van der Waals surface area contributed by atoms with Gasteiger partial charge in [0.2, 0.25) is 35.7 Å². The molecule has 1 aromatic rings. The van der Waals surface area contributed by atoms with E-state index in [0.29, 0.717) is 71.0 Å². The minimum absolute atomic E-state index is 0.0989. The monoisotopic (exact) mass is 746 g/mol. The van der Waals surface area contributed by atoms with Gasteiger partial charge in [-0.25, -0.2) is 0 Å². The van der Waals surface area contributed by atoms with Crippen molar-refractivity contribution < 1.29 is 9.59 Å². The summed E-state index contributed by atoms with van der Waals surface area (Å²) < 4.78 is 0. The molecule has 1 aliphatic rings. The molecular weight excluding hydrogens is 692 g/mol. The molecule has 0 heterocycles. The van der Waals surface area contributed by atoms with Crippen molar-refractivity contribution in [2.75, 3.05) is 5.32 Å². The van der Waals surface area contributed by atoms with Crippen LogP contribution in [0.15, 0.2) is 82.4 Å². The number of benzene rings is 1. The topological polar surface area (TPSA) is 365 Å². The lowest BCUT2D eigenvalue weighted by atomic mass is 9.89. The molecule has 20 nitrogen and oxygen atoms in total. The number of guanidine groups is 4. The van der Waals surface area contributed by atoms with E-state index in [2.05, 4.69) is 51.4 Å². The lowest BCUT2D eigenvalue weighted by molar-refractivity contribution is -0.120. The van der Waals surface area contributed by atoms with E-state index in [1.54, 1.807) is 39.8 Å². The Labute approximate surface area is 314 Å². The SMILES string of the molecule is C/C(=N\N=C(N)N)C1=CC(/C(C)=N/N=C(N)N)CC(NC(=O)CCCCCCCCC(=O)Nc2cc(/C(C)=N/N=C(N)N)cc(/C(C)=N/N=C(N)N)c2)=C1. The van der Waals surface area contributed by atoms with Crippen LogP contribution in [-0.2, 0) is 9.59 Å². The molecule has 0 aromatic heterocycles. The highest BCUT2D eigenvalue weighted by Crippen LogP contribution is 2.25. The summed E-state index contributed by atoms with van der Waals surface area (Å²) >= 11 is 0. The predicted molar refractivity (Wildman–Crippen MR) is 218 cm³/mol. The maximum absolute atomic E-state index is 12.9. The predicted octanol–water partition coefficient (Wildman–Crippen LogP) is 0.986. The number of hydrogen-bond acceptors (Lipinski definition) is 10. The van der Waals surface area contributed by atoms with Crippen LogP contribution in [0.5, 0.6) is 0 Å². The summed E-state index contributed by atoms with van der Waals surface area (Å²) in [5.74, 6) is -1.13. The van der Waals surface area contributed by atoms with Crippen LogP contribution < -0.4 is 56.5 Å². The first-order chi connectivity index (χ1) is 25.5. The normalized spacial score (nSPS) is 14.9. The van der Waals surface area contributed by atoms with E-state index in [-0.39, 0.29) is 41.6 Å². The number of amides is 2. The van der Waals surface area contributed by atoms with Crippen molar-refractivity contribution in [3.05, 3.63) is 52.7 Å². The molecule has 0 fully saturated rings. The van der Waals surface area contributed by atoms with Gasteiger partial charge < -0.3 is 56.5 Å². The number of rotatable bonds is 19. The molecule has 1 aromatic carbocycles. The summed E-state index contributed by atoms with van der Waals surface area (Å²) in [5.41, 5.74) is 48.9. The molecule has 0 radical (unpaired) electrons. The molecule has 2 rings (SSSR count). The number of anilines is 1. The number of unbranched alkanes of at least 4 members (excludes halogenated alkanes) is 5. The van der Waals surface area contributed by atoms with E-state index in [0.717, 1.165) is 37.7 Å². The second kappa shape index (κ2) is 22.4. The van der Waals surface area contributed by atoms with Crippen molar-refractivity contribution in [1.82, 2.24) is 5.32 Å². The van der Waals surface area contributed by atoms with E-state index >= 15 is 0 Å². The quantitative estimate of drug-likeness (QED) is 0.0414. The van der Waals surface area contributed by atoms with Crippen LogP contribution in [0.25, 0.3) is 0 Å². The Morgan fingerprint density at radius 2 is 1.00 bits per heavy atom. The van der Waals surface area contributed by atoms with Crippen LogP contribution in [-0.4, -0.2) is 58.5 Å². The molecule has 18 N–H and O–H groups in total. The second-order valence-electron chi connectivity index (χ2n) is 12.5. The molecule has 2 amide bonds. The highest BCUT2D eigenvalue weighted by Gasteiger charge is 2.21. The summed E-state index contributed by atoms with van der Waals surface area (Å²) in [6.45, 7) is 7.02. The molecule has 0 bridgehead atoms. The standard InChI is InChI=1S/C34H54N18O2/c1-19(45-49-31(35)36)23-13-24(20(2)46-50-32(37)38)16-27(15-23)43-29(53)11-9-7-5-6-8-10-12-30(54)44-28-17-25(21(3)47-51-33(39)40)14-26(18-28)22(4)48-52-34(41)42/h13-17,26H,5-12,18H2,1-4H3,(H,43,53)(H,44,54)(H4,35,36,49)(H4,37,38,50)(H4,39,40,51)(H4,41,42,52)/b45-19+,46-20+,47-21+,48-22+. The Kier molecular flexibility index (Phi) is 18.0. The summed E-state index contributed by atoms with van der Waals surface area (Å²) in [4.78, 5) is 25.7. The van der Waals surface area contributed by atoms with Gasteiger partial charge in [0.25, 0.3) is 0 Å². The molecule has 0 aliphatic heterocycles. The molecule has 0 spiro atoms. The van der Waals surface area contributed by atoms with Gasteiger partial charge in [0.1, 0.15) is 0 Å². The average Bonchev–Trinajstić information content (AvgIpc) is 3.11. The number of hydrogen-bond donors (Lipinski definition) is 10. The summed E-state index contributed by atoms with van der Waals surface area (Å²) in [6.07, 6.45) is 9.99. The number of allylic oxidation sites excluding steroid dienone is 4. The van der Waals surface area contributed by atoms with E-state index < -0.39 is 0 Å². The van der Waals surface area contributed by atoms with Crippen molar-refractivity contribution in [2.24, 2.45) is 92.6 Å². The fourth-order valence-electron chi connectivity index (χ4n) is 5.03. The number of nitrogens with one attached hydrogen (secondary N) is 2. The maximum Gasteiger partial charge on any atom is 0.224 e. The molecule has 54 heavy (non-hydrogen) atoms. The lowest BCUT2D eigenvalue weighted by Gasteiger charge is -2.22. The minimum Gasteiger partial charge on any atom is -0.369 e. The zero-order valence-electron chi connectivity index (χ0n) is 31.3. The van der Waals surface area contributed by atoms with Gasteiger partial charge in [-0.05, 0) is 76.8 Å². The summed E-state index contributed by atoms with van der Waals surface area (Å²) in [6, 6.07) is 5.33. The third-order valence-electron chi connectivity index (χ3n) is 7.78. The van der Waals surface area contributed by atoms with Gasteiger partial charge in [-0.15, -0.1) is 20.4 Å². The van der Waals surface area contributed by atoms with Crippen molar-refractivity contribution in [3.8, 4) is 0 Å². The molecule has 1 unspecified atom stereocenters. The highest BCUT2D eigenvalue weighted by atomic mass is 16.2. The third kappa shape index (κ3) is 17.1. The minimum atomic E-state index is -0.196. The van der Waals surface area contributed by atoms with Gasteiger partial charge >= 0.3 is 0 Å². The van der Waals surface area contributed by atoms with Gasteiger partial charge in [0.05, 0.1) is 17.1 Å². The van der Waals surface area contributed by atoms with Gasteiger partial charge in [0.15, 0.2) is 0 Å². The zero-order valence-corrected chi connectivity index (χ0v) is 31.3. The van der Waals surface area contributed by atoms with Gasteiger partial charge in [-0.3, -0.25) is 9.59 Å². The van der Waals surface area contributed by atoms with Crippen LogP contribution in [0, 0.1) is 5.92 Å². The first kappa shape index (κ1) is 43.6. The van der Waals surface area contributed by atoms with Crippen LogP contribution >= 0.6 is 0 Å². The van der Waals surface area contributed by atoms with E-state index in [1.807, 2.05) is 18.2 Å². The average molecular weight is 747 g/mol. The Hall–Kier alpha value is -6.60. The lowest BCUT2D eigenvalue weighted by Crippen LogP contribution is -2.28. The maximum atomic E-state index is 12.9. The Bertz CT molecular complexity index is 1750. The number of carbonyl (C=O) groups is 2. The fourth-order valence-corrected chi connectivity index (χ4v) is 5.03. The molecule has 1 aliphatic carbocycles. The number of nitrogens with two attached hydrogens (primary N) is 8. The van der Waals surface area contributed by atoms with Crippen molar-refractivity contribution in [2.45, 2.75) is 85.5 Å². The van der Waals surface area contributed by atoms with Gasteiger partial charge in [0, 0.05) is 47.0 Å². The van der Waals surface area contributed by atoms with E-state index in [1.165, 1.54) is 0 Å². The van der Waals surface area contributed by atoms with Crippen LogP contribution in [0.1, 0.15) is 96.6 Å². The van der Waals surface area contributed by atoms with E-state index in [4.69, 9.17) is 45.9 Å². The Morgan fingerprint density at radius 3 is 1.48 bits per heavy atom. The molecular formula is C34H54N18O2. The summed E-state index contributed by atoms with van der Waals surface area (Å²) in [7, 11) is 0. The van der Waals surface area contributed by atoms with Crippen LogP contribution in [0.4, 0.5) is 5.69 Å². The van der Waals surface area contributed by atoms with E-state index in [9.17, 15) is 9.59 Å². The second-order valence-corrected chi connectivity index (χ2v) is 12.5. The largest absolute Gasteiger partial charge is 0.369 e. The van der Waals surface area contributed by atoms with Crippen molar-refractivity contribution >= 4 is 64.2 Å². The number of nitrogens with zero attached hydrogens (tertiary/aromatic N) is 8. The summed E-state index contributed by atoms with van der Waals surface area (Å²) in [5, 5.41) is 37.1. The molecule has 292 valence electrons. The third-order valence-corrected chi connectivity index (χ3v) is 7.78. The number of carbonyl (C=O) groups excluding carboxylic acids is 2. The molecule has 0 saturated heterocycles. The smallest absolute Gasteiger partial charge is 0.224 e. The highest BCUT2D eigenvalue weighted by molar-refractivity contribution is 6.06. The fraction of sp³-hybridized carbons (Fsp3) is 0.412.